The Hall–Kier alpha value is -1.99. The number of tetrazole rings is 1. The van der Waals surface area contributed by atoms with E-state index >= 15 is 0 Å². The van der Waals surface area contributed by atoms with Gasteiger partial charge in [0, 0.05) is 20.6 Å². The first-order chi connectivity index (χ1) is 7.50. The molecular formula is C8H13N5O3. The fourth-order valence-electron chi connectivity index (χ4n) is 1.06. The zero-order valence-electron chi connectivity index (χ0n) is 9.12. The summed E-state index contributed by atoms with van der Waals surface area (Å²) >= 11 is 0. The standard InChI is InChI=1S/C8H13N5O3/c1-12(4-3-8(15)16)7(14)5-6-9-10-11-13(6)2/h3-5H2,1-2H3,(H,15,16). The molecule has 1 heterocycles. The summed E-state index contributed by atoms with van der Waals surface area (Å²) in [6.45, 7) is 0.180. The van der Waals surface area contributed by atoms with Crippen LogP contribution >= 0.6 is 0 Å². The first-order valence-electron chi connectivity index (χ1n) is 4.67. The monoisotopic (exact) mass is 227 g/mol. The van der Waals surface area contributed by atoms with Crippen molar-refractivity contribution in [3.63, 3.8) is 0 Å². The van der Waals surface area contributed by atoms with Gasteiger partial charge in [-0.3, -0.25) is 9.59 Å². The summed E-state index contributed by atoms with van der Waals surface area (Å²) in [5.74, 6) is -0.689. The summed E-state index contributed by atoms with van der Waals surface area (Å²) in [6.07, 6.45) is -0.00107. The number of carbonyl (C=O) groups is 2. The minimum absolute atomic E-state index is 0.0691. The van der Waals surface area contributed by atoms with Crippen molar-refractivity contribution in [1.82, 2.24) is 25.1 Å². The van der Waals surface area contributed by atoms with Crippen LogP contribution in [0.5, 0.6) is 0 Å². The van der Waals surface area contributed by atoms with E-state index in [9.17, 15) is 9.59 Å². The highest BCUT2D eigenvalue weighted by molar-refractivity contribution is 5.78. The largest absolute Gasteiger partial charge is 0.481 e. The van der Waals surface area contributed by atoms with Crippen molar-refractivity contribution in [2.45, 2.75) is 12.8 Å². The van der Waals surface area contributed by atoms with Crippen LogP contribution in [0.3, 0.4) is 0 Å². The van der Waals surface area contributed by atoms with Crippen LogP contribution in [0.25, 0.3) is 0 Å². The lowest BCUT2D eigenvalue weighted by Gasteiger charge is -2.15. The average Bonchev–Trinajstić information content (AvgIpc) is 2.60. The molecule has 8 nitrogen and oxygen atoms in total. The van der Waals surface area contributed by atoms with E-state index in [1.807, 2.05) is 0 Å². The van der Waals surface area contributed by atoms with Crippen molar-refractivity contribution in [3.05, 3.63) is 5.82 Å². The van der Waals surface area contributed by atoms with E-state index < -0.39 is 5.97 Å². The Labute approximate surface area is 91.8 Å². The SMILES string of the molecule is CN(CCC(=O)O)C(=O)Cc1nnnn1C. The molecule has 0 aliphatic rings. The molecular weight excluding hydrogens is 214 g/mol. The fourth-order valence-corrected chi connectivity index (χ4v) is 1.06. The van der Waals surface area contributed by atoms with Crippen molar-refractivity contribution in [3.8, 4) is 0 Å². The van der Waals surface area contributed by atoms with E-state index in [1.165, 1.54) is 9.58 Å². The molecule has 1 aromatic heterocycles. The minimum atomic E-state index is -0.931. The van der Waals surface area contributed by atoms with Crippen LogP contribution in [0.1, 0.15) is 12.2 Å². The normalized spacial score (nSPS) is 10.1. The number of likely N-dealkylation sites (N-methyl/N-ethyl adjacent to an activating group) is 1. The van der Waals surface area contributed by atoms with E-state index in [0.717, 1.165) is 0 Å². The molecule has 16 heavy (non-hydrogen) atoms. The summed E-state index contributed by atoms with van der Waals surface area (Å²) in [5, 5.41) is 19.1. The summed E-state index contributed by atoms with van der Waals surface area (Å²) in [7, 11) is 3.19. The molecule has 0 unspecified atom stereocenters. The van der Waals surface area contributed by atoms with Gasteiger partial charge in [0.05, 0.1) is 12.8 Å². The molecule has 0 atom stereocenters. The second kappa shape index (κ2) is 5.19. The van der Waals surface area contributed by atoms with Gasteiger partial charge in [0.25, 0.3) is 0 Å². The molecule has 1 rings (SSSR count). The molecule has 0 aromatic carbocycles. The minimum Gasteiger partial charge on any atom is -0.481 e. The fraction of sp³-hybridized carbons (Fsp3) is 0.625. The molecule has 1 aromatic rings. The highest BCUT2D eigenvalue weighted by atomic mass is 16.4. The third-order valence-corrected chi connectivity index (χ3v) is 2.10. The molecule has 1 N–H and O–H groups in total. The quantitative estimate of drug-likeness (QED) is 0.669. The molecule has 0 aliphatic heterocycles. The number of amides is 1. The van der Waals surface area contributed by atoms with Gasteiger partial charge in [-0.2, -0.15) is 0 Å². The number of hydrogen-bond donors (Lipinski definition) is 1. The number of hydrogen-bond acceptors (Lipinski definition) is 5. The van der Waals surface area contributed by atoms with Crippen LogP contribution in [-0.2, 0) is 23.1 Å². The molecule has 1 amide bonds. The number of aliphatic carboxylic acids is 1. The number of carboxylic acids is 1. The van der Waals surface area contributed by atoms with Gasteiger partial charge in [-0.05, 0) is 10.4 Å². The lowest BCUT2D eigenvalue weighted by Crippen LogP contribution is -2.31. The second-order valence-electron chi connectivity index (χ2n) is 3.35. The number of carbonyl (C=O) groups excluding carboxylic acids is 1. The van der Waals surface area contributed by atoms with Gasteiger partial charge >= 0.3 is 5.97 Å². The van der Waals surface area contributed by atoms with Crippen molar-refractivity contribution >= 4 is 11.9 Å². The van der Waals surface area contributed by atoms with Crippen LogP contribution in [-0.4, -0.2) is 55.7 Å². The third kappa shape index (κ3) is 3.30. The van der Waals surface area contributed by atoms with Crippen molar-refractivity contribution < 1.29 is 14.7 Å². The predicted octanol–water partition coefficient (Wildman–Crippen LogP) is -1.31. The number of nitrogens with zero attached hydrogens (tertiary/aromatic N) is 5. The first kappa shape index (κ1) is 12.1. The molecule has 0 saturated carbocycles. The third-order valence-electron chi connectivity index (χ3n) is 2.10. The Morgan fingerprint density at radius 3 is 2.69 bits per heavy atom. The zero-order chi connectivity index (χ0) is 12.1. The molecule has 0 bridgehead atoms. The Morgan fingerprint density at radius 2 is 2.19 bits per heavy atom. The lowest BCUT2D eigenvalue weighted by molar-refractivity contribution is -0.138. The van der Waals surface area contributed by atoms with Gasteiger partial charge in [-0.25, -0.2) is 4.68 Å². The van der Waals surface area contributed by atoms with Crippen LogP contribution in [0, 0.1) is 0 Å². The van der Waals surface area contributed by atoms with E-state index in [4.69, 9.17) is 5.11 Å². The Kier molecular flexibility index (Phi) is 3.92. The summed E-state index contributed by atoms with van der Waals surface area (Å²) in [6, 6.07) is 0. The molecule has 8 heteroatoms. The maximum atomic E-state index is 11.6. The smallest absolute Gasteiger partial charge is 0.305 e. The maximum Gasteiger partial charge on any atom is 0.305 e. The van der Waals surface area contributed by atoms with Gasteiger partial charge in [-0.15, -0.1) is 5.10 Å². The van der Waals surface area contributed by atoms with E-state index in [0.29, 0.717) is 5.82 Å². The highest BCUT2D eigenvalue weighted by Crippen LogP contribution is 1.96. The van der Waals surface area contributed by atoms with Crippen LogP contribution < -0.4 is 0 Å². The summed E-state index contributed by atoms with van der Waals surface area (Å²) < 4.78 is 1.41. The van der Waals surface area contributed by atoms with Crippen molar-refractivity contribution in [2.75, 3.05) is 13.6 Å². The van der Waals surface area contributed by atoms with Gasteiger partial charge in [-0.1, -0.05) is 0 Å². The number of carboxylic acid groups (broad SMARTS) is 1. The second-order valence-corrected chi connectivity index (χ2v) is 3.35. The Morgan fingerprint density at radius 1 is 1.50 bits per heavy atom. The molecule has 0 radical (unpaired) electrons. The highest BCUT2D eigenvalue weighted by Gasteiger charge is 2.14. The number of rotatable bonds is 5. The summed E-state index contributed by atoms with van der Waals surface area (Å²) in [4.78, 5) is 23.3. The van der Waals surface area contributed by atoms with Crippen LogP contribution in [0.4, 0.5) is 0 Å². The Balaban J connectivity index is 2.46. The van der Waals surface area contributed by atoms with Crippen molar-refractivity contribution in [1.29, 1.82) is 0 Å². The number of aryl methyl sites for hydroxylation is 1. The molecule has 0 spiro atoms. The molecule has 0 saturated heterocycles. The van der Waals surface area contributed by atoms with E-state index in [-0.39, 0.29) is 25.3 Å². The topological polar surface area (TPSA) is 101 Å². The summed E-state index contributed by atoms with van der Waals surface area (Å²) in [5.41, 5.74) is 0. The molecule has 0 fully saturated rings. The predicted molar refractivity (Wildman–Crippen MR) is 52.4 cm³/mol. The van der Waals surface area contributed by atoms with Gasteiger partial charge in [0.2, 0.25) is 5.91 Å². The van der Waals surface area contributed by atoms with Gasteiger partial charge < -0.3 is 10.0 Å². The molecule has 0 aliphatic carbocycles. The average molecular weight is 227 g/mol. The first-order valence-corrected chi connectivity index (χ1v) is 4.67. The maximum absolute atomic E-state index is 11.6. The van der Waals surface area contributed by atoms with Crippen LogP contribution in [0.15, 0.2) is 0 Å². The van der Waals surface area contributed by atoms with Crippen molar-refractivity contribution in [2.24, 2.45) is 7.05 Å². The van der Waals surface area contributed by atoms with E-state index in [1.54, 1.807) is 14.1 Å². The van der Waals surface area contributed by atoms with Crippen LogP contribution in [0.2, 0.25) is 0 Å². The van der Waals surface area contributed by atoms with Gasteiger partial charge in [0.1, 0.15) is 0 Å². The lowest BCUT2D eigenvalue weighted by atomic mass is 10.3. The zero-order valence-corrected chi connectivity index (χ0v) is 9.12. The number of aromatic nitrogens is 4. The van der Waals surface area contributed by atoms with Gasteiger partial charge in [0.15, 0.2) is 5.82 Å². The Bertz CT molecular complexity index is 389. The van der Waals surface area contributed by atoms with E-state index in [2.05, 4.69) is 15.5 Å². The molecule has 88 valence electrons.